The number of hydrogen-bond donors (Lipinski definition) is 0. The number of pyridine rings is 1. The summed E-state index contributed by atoms with van der Waals surface area (Å²) in [6.45, 7) is 0. The van der Waals surface area contributed by atoms with E-state index < -0.39 is 23.4 Å². The number of hydrogen-bond acceptors (Lipinski definition) is 5. The van der Waals surface area contributed by atoms with E-state index >= 15 is 0 Å². The van der Waals surface area contributed by atoms with E-state index in [-0.39, 0.29) is 10.6 Å². The molecule has 0 bridgehead atoms. The average molecular weight is 373 g/mol. The highest BCUT2D eigenvalue weighted by molar-refractivity contribution is 7.17. The van der Waals surface area contributed by atoms with Gasteiger partial charge in [-0.3, -0.25) is 9.78 Å². The van der Waals surface area contributed by atoms with E-state index in [1.165, 1.54) is 6.20 Å². The molecule has 0 radical (unpaired) electrons. The number of carbonyl (C=O) groups is 1. The molecule has 130 valence electrons. The summed E-state index contributed by atoms with van der Waals surface area (Å²) in [5.41, 5.74) is -0.132. The molecule has 3 rings (SSSR count). The molecule has 8 heteroatoms. The molecule has 0 aliphatic heterocycles. The minimum absolute atomic E-state index is 0.0276. The molecule has 26 heavy (non-hydrogen) atoms. The third-order valence-corrected chi connectivity index (χ3v) is 4.63. The van der Waals surface area contributed by atoms with Crippen LogP contribution in [0.3, 0.4) is 0 Å². The van der Waals surface area contributed by atoms with E-state index in [2.05, 4.69) is 9.97 Å². The highest BCUT2D eigenvalue weighted by Gasteiger charge is 2.32. The molecule has 2 aromatic heterocycles. The van der Waals surface area contributed by atoms with E-state index in [9.17, 15) is 23.2 Å². The SMILES string of the molecule is N#CC(C(=O)c1cnc(-c2ccccc2)s1)c1ccc(C(F)(F)F)cn1. The molecule has 0 aliphatic rings. The Bertz CT molecular complexity index is 960. The first-order valence-corrected chi connectivity index (χ1v) is 8.20. The molecular formula is C18H10F3N3OS. The fourth-order valence-corrected chi connectivity index (χ4v) is 3.14. The predicted octanol–water partition coefficient (Wildman–Crippen LogP) is 4.71. The lowest BCUT2D eigenvalue weighted by Gasteiger charge is -2.09. The average Bonchev–Trinajstić information content (AvgIpc) is 3.13. The van der Waals surface area contributed by atoms with Crippen LogP contribution in [0.15, 0.2) is 54.9 Å². The summed E-state index contributed by atoms with van der Waals surface area (Å²) in [5.74, 6) is -1.83. The molecule has 4 nitrogen and oxygen atoms in total. The van der Waals surface area contributed by atoms with Crippen LogP contribution in [0.4, 0.5) is 13.2 Å². The third kappa shape index (κ3) is 3.63. The van der Waals surface area contributed by atoms with Crippen LogP contribution in [0, 0.1) is 11.3 Å². The minimum Gasteiger partial charge on any atom is -0.291 e. The minimum atomic E-state index is -4.53. The van der Waals surface area contributed by atoms with E-state index in [1.54, 1.807) is 0 Å². The maximum Gasteiger partial charge on any atom is 0.417 e. The molecule has 1 unspecified atom stereocenters. The Kier molecular flexibility index (Phi) is 4.82. The summed E-state index contributed by atoms with van der Waals surface area (Å²) in [4.78, 5) is 20.7. The van der Waals surface area contributed by atoms with Crippen molar-refractivity contribution < 1.29 is 18.0 Å². The number of aromatic nitrogens is 2. The zero-order chi connectivity index (χ0) is 18.7. The van der Waals surface area contributed by atoms with Crippen molar-refractivity contribution in [3.63, 3.8) is 0 Å². The van der Waals surface area contributed by atoms with Crippen molar-refractivity contribution in [3.8, 4) is 16.6 Å². The number of nitrogens with zero attached hydrogens (tertiary/aromatic N) is 3. The fraction of sp³-hybridized carbons (Fsp3) is 0.111. The van der Waals surface area contributed by atoms with Gasteiger partial charge in [-0.05, 0) is 12.1 Å². The van der Waals surface area contributed by atoms with Crippen molar-refractivity contribution in [2.75, 3.05) is 0 Å². The van der Waals surface area contributed by atoms with E-state index in [0.29, 0.717) is 11.2 Å². The smallest absolute Gasteiger partial charge is 0.291 e. The first kappa shape index (κ1) is 17.8. The lowest BCUT2D eigenvalue weighted by Crippen LogP contribution is -2.13. The van der Waals surface area contributed by atoms with Crippen molar-refractivity contribution >= 4 is 17.1 Å². The van der Waals surface area contributed by atoms with Crippen LogP contribution in [0.1, 0.15) is 26.8 Å². The zero-order valence-electron chi connectivity index (χ0n) is 13.1. The number of rotatable bonds is 4. The van der Waals surface area contributed by atoms with Crippen LogP contribution in [0.2, 0.25) is 0 Å². The highest BCUT2D eigenvalue weighted by atomic mass is 32.1. The topological polar surface area (TPSA) is 66.6 Å². The maximum absolute atomic E-state index is 12.6. The van der Waals surface area contributed by atoms with Gasteiger partial charge in [-0.2, -0.15) is 18.4 Å². The van der Waals surface area contributed by atoms with Crippen LogP contribution in [-0.4, -0.2) is 15.8 Å². The zero-order valence-corrected chi connectivity index (χ0v) is 13.9. The quantitative estimate of drug-likeness (QED) is 0.621. The molecule has 0 aliphatic carbocycles. The number of halogens is 3. The molecule has 1 atom stereocenters. The van der Waals surface area contributed by atoms with E-state index in [4.69, 9.17) is 0 Å². The maximum atomic E-state index is 12.6. The van der Waals surface area contributed by atoms with Crippen LogP contribution in [-0.2, 0) is 6.18 Å². The fourth-order valence-electron chi connectivity index (χ4n) is 2.25. The first-order chi connectivity index (χ1) is 12.4. The molecule has 0 spiro atoms. The van der Waals surface area contributed by atoms with Crippen molar-refractivity contribution in [3.05, 3.63) is 71.0 Å². The second-order valence-corrected chi connectivity index (χ2v) is 6.32. The number of Topliss-reactive ketones (excluding diaryl/α,β-unsaturated/α-hetero) is 1. The van der Waals surface area contributed by atoms with Gasteiger partial charge in [0.2, 0.25) is 0 Å². The molecule has 0 amide bonds. The number of ketones is 1. The van der Waals surface area contributed by atoms with Gasteiger partial charge in [-0.25, -0.2) is 4.98 Å². The Labute approximate surface area is 150 Å². The third-order valence-electron chi connectivity index (χ3n) is 3.57. The van der Waals surface area contributed by atoms with Crippen LogP contribution in [0.25, 0.3) is 10.6 Å². The Morgan fingerprint density at radius 1 is 1.08 bits per heavy atom. The van der Waals surface area contributed by atoms with Crippen molar-refractivity contribution in [1.29, 1.82) is 5.26 Å². The Morgan fingerprint density at radius 2 is 1.81 bits per heavy atom. The Hall–Kier alpha value is -3.05. The first-order valence-electron chi connectivity index (χ1n) is 7.38. The normalized spacial score (nSPS) is 12.4. The van der Waals surface area contributed by atoms with Crippen molar-refractivity contribution in [1.82, 2.24) is 9.97 Å². The molecular weight excluding hydrogens is 363 g/mol. The van der Waals surface area contributed by atoms with Gasteiger partial charge in [0.25, 0.3) is 0 Å². The Balaban J connectivity index is 1.86. The standard InChI is InChI=1S/C18H10F3N3OS/c19-18(20,21)12-6-7-14(23-9-12)13(8-22)16(25)15-10-24-17(26-15)11-4-2-1-3-5-11/h1-7,9-10,13H. The largest absolute Gasteiger partial charge is 0.417 e. The molecule has 3 aromatic rings. The summed E-state index contributed by atoms with van der Waals surface area (Å²) in [5, 5.41) is 9.93. The van der Waals surface area contributed by atoms with Gasteiger partial charge in [0.05, 0.1) is 22.2 Å². The molecule has 0 saturated heterocycles. The van der Waals surface area contributed by atoms with Gasteiger partial charge in [-0.15, -0.1) is 11.3 Å². The summed E-state index contributed by atoms with van der Waals surface area (Å²) < 4.78 is 37.8. The number of benzene rings is 1. The van der Waals surface area contributed by atoms with Gasteiger partial charge in [0.1, 0.15) is 5.01 Å². The van der Waals surface area contributed by atoms with Gasteiger partial charge in [0.15, 0.2) is 11.7 Å². The van der Waals surface area contributed by atoms with Crippen molar-refractivity contribution in [2.45, 2.75) is 12.1 Å². The number of nitriles is 1. The number of alkyl halides is 3. The summed E-state index contributed by atoms with van der Waals surface area (Å²) in [6, 6.07) is 12.9. The van der Waals surface area contributed by atoms with Crippen molar-refractivity contribution in [2.24, 2.45) is 0 Å². The molecule has 0 fully saturated rings. The van der Waals surface area contributed by atoms with Gasteiger partial charge < -0.3 is 0 Å². The number of thiazole rings is 1. The molecule has 0 N–H and O–H groups in total. The predicted molar refractivity (Wildman–Crippen MR) is 89.5 cm³/mol. The second-order valence-electron chi connectivity index (χ2n) is 5.29. The number of carbonyl (C=O) groups excluding carboxylic acids is 1. The highest BCUT2D eigenvalue weighted by Crippen LogP contribution is 2.31. The van der Waals surface area contributed by atoms with Crippen LogP contribution >= 0.6 is 11.3 Å². The van der Waals surface area contributed by atoms with E-state index in [0.717, 1.165) is 29.0 Å². The second kappa shape index (κ2) is 7.06. The monoisotopic (exact) mass is 373 g/mol. The van der Waals surface area contributed by atoms with Gasteiger partial charge >= 0.3 is 6.18 Å². The van der Waals surface area contributed by atoms with Crippen LogP contribution in [0.5, 0.6) is 0 Å². The lowest BCUT2D eigenvalue weighted by atomic mass is 10.00. The van der Waals surface area contributed by atoms with E-state index in [1.807, 2.05) is 36.4 Å². The van der Waals surface area contributed by atoms with Crippen LogP contribution < -0.4 is 0 Å². The molecule has 0 saturated carbocycles. The summed E-state index contributed by atoms with van der Waals surface area (Å²) >= 11 is 1.12. The van der Waals surface area contributed by atoms with Gasteiger partial charge in [-0.1, -0.05) is 30.3 Å². The van der Waals surface area contributed by atoms with Gasteiger partial charge in [0, 0.05) is 18.0 Å². The lowest BCUT2D eigenvalue weighted by molar-refractivity contribution is -0.137. The molecule has 1 aromatic carbocycles. The Morgan fingerprint density at radius 3 is 2.38 bits per heavy atom. The molecule has 2 heterocycles. The summed E-state index contributed by atoms with van der Waals surface area (Å²) in [6.07, 6.45) is -2.54. The summed E-state index contributed by atoms with van der Waals surface area (Å²) in [7, 11) is 0.